The van der Waals surface area contributed by atoms with Crippen molar-refractivity contribution in [3.05, 3.63) is 70.8 Å². The molecular weight excluding hydrogens is 478 g/mol. The average molecular weight is 501 g/mol. The van der Waals surface area contributed by atoms with Gasteiger partial charge in [0.15, 0.2) is 17.4 Å². The molecule has 11 heteroatoms. The molecule has 0 bridgehead atoms. The maximum absolute atomic E-state index is 14.4. The van der Waals surface area contributed by atoms with Gasteiger partial charge in [0.05, 0.1) is 12.8 Å². The highest BCUT2D eigenvalue weighted by Crippen LogP contribution is 2.31. The molecule has 0 unspecified atom stereocenters. The predicted octanol–water partition coefficient (Wildman–Crippen LogP) is 5.39. The summed E-state index contributed by atoms with van der Waals surface area (Å²) in [6, 6.07) is 10.8. The van der Waals surface area contributed by atoms with Crippen LogP contribution in [0, 0.1) is 30.2 Å². The molecule has 1 heterocycles. The Morgan fingerprint density at radius 2 is 1.50 bits per heavy atom. The molecule has 4 aromatic rings. The number of hydrogen-bond donors (Lipinski definition) is 1. The van der Waals surface area contributed by atoms with E-state index in [1.54, 1.807) is 13.0 Å². The van der Waals surface area contributed by atoms with Crippen molar-refractivity contribution < 1.29 is 27.1 Å². The quantitative estimate of drug-likeness (QED) is 0.272. The molecule has 0 aliphatic heterocycles. The fraction of sp³-hybridized carbons (Fsp3) is 0.240. The molecular formula is C25H23F4N5O2. The van der Waals surface area contributed by atoms with E-state index in [0.717, 1.165) is 25.9 Å². The van der Waals surface area contributed by atoms with Crippen molar-refractivity contribution in [2.45, 2.75) is 20.8 Å². The number of nitrogens with zero attached hydrogens (tertiary/aromatic N) is 4. The van der Waals surface area contributed by atoms with Crippen molar-refractivity contribution in [1.29, 1.82) is 0 Å². The van der Waals surface area contributed by atoms with E-state index in [1.165, 1.54) is 10.9 Å². The van der Waals surface area contributed by atoms with Crippen molar-refractivity contribution in [2.75, 3.05) is 30.4 Å². The standard InChI is InChI=1S/C25H23F4N5O2/c1-5-33(6-2)14-7-9-15(10-8-14)34-31-17-11-13(3)16(12-18(17)32-34)30-25(35)19-20(26)22(28)24(36-4)23(29)21(19)27/h7-12H,5-6H2,1-4H3,(H,30,35). The van der Waals surface area contributed by atoms with E-state index in [9.17, 15) is 22.4 Å². The Labute approximate surface area is 204 Å². The van der Waals surface area contributed by atoms with Crippen LogP contribution in [0.5, 0.6) is 5.75 Å². The lowest BCUT2D eigenvalue weighted by atomic mass is 10.1. The first-order valence-electron chi connectivity index (χ1n) is 11.1. The predicted molar refractivity (Wildman–Crippen MR) is 128 cm³/mol. The van der Waals surface area contributed by atoms with Gasteiger partial charge in [-0.3, -0.25) is 4.79 Å². The lowest BCUT2D eigenvalue weighted by Gasteiger charge is -2.20. The largest absolute Gasteiger partial charge is 0.491 e. The summed E-state index contributed by atoms with van der Waals surface area (Å²) < 4.78 is 61.2. The number of anilines is 2. The van der Waals surface area contributed by atoms with Gasteiger partial charge < -0.3 is 15.0 Å². The first-order valence-corrected chi connectivity index (χ1v) is 11.1. The molecule has 0 saturated heterocycles. The van der Waals surface area contributed by atoms with Crippen LogP contribution in [0.3, 0.4) is 0 Å². The Bertz CT molecular complexity index is 1420. The van der Waals surface area contributed by atoms with E-state index in [-0.39, 0.29) is 5.69 Å². The molecule has 0 saturated carbocycles. The summed E-state index contributed by atoms with van der Waals surface area (Å²) in [6.45, 7) is 7.52. The molecule has 0 aliphatic rings. The van der Waals surface area contributed by atoms with Gasteiger partial charge in [0, 0.05) is 24.5 Å². The van der Waals surface area contributed by atoms with Crippen molar-refractivity contribution >= 4 is 28.3 Å². The monoisotopic (exact) mass is 501 g/mol. The summed E-state index contributed by atoms with van der Waals surface area (Å²) in [5.74, 6) is -9.94. The molecule has 0 fully saturated rings. The van der Waals surface area contributed by atoms with Gasteiger partial charge in [-0.2, -0.15) is 13.6 Å². The Morgan fingerprint density at radius 1 is 0.944 bits per heavy atom. The molecule has 1 N–H and O–H groups in total. The van der Waals surface area contributed by atoms with Crippen LogP contribution in [0.1, 0.15) is 29.8 Å². The average Bonchev–Trinajstić information content (AvgIpc) is 3.27. The summed E-state index contributed by atoms with van der Waals surface area (Å²) >= 11 is 0. The van der Waals surface area contributed by atoms with E-state index in [4.69, 9.17) is 0 Å². The Kier molecular flexibility index (Phi) is 6.82. The van der Waals surface area contributed by atoms with Gasteiger partial charge >= 0.3 is 0 Å². The molecule has 1 aromatic heterocycles. The Morgan fingerprint density at radius 3 is 2.03 bits per heavy atom. The van der Waals surface area contributed by atoms with E-state index in [1.807, 2.05) is 24.3 Å². The number of methoxy groups -OCH3 is 1. The number of halogens is 4. The van der Waals surface area contributed by atoms with E-state index < -0.39 is 40.5 Å². The van der Waals surface area contributed by atoms with E-state index >= 15 is 0 Å². The summed E-state index contributed by atoms with van der Waals surface area (Å²) in [6.07, 6.45) is 0. The summed E-state index contributed by atoms with van der Waals surface area (Å²) in [4.78, 5) is 16.2. The number of rotatable bonds is 7. The molecule has 0 radical (unpaired) electrons. The second-order valence-corrected chi connectivity index (χ2v) is 7.95. The van der Waals surface area contributed by atoms with Gasteiger partial charge in [0.25, 0.3) is 5.91 Å². The zero-order chi connectivity index (χ0) is 26.1. The third-order valence-corrected chi connectivity index (χ3v) is 5.84. The lowest BCUT2D eigenvalue weighted by molar-refractivity contribution is 0.101. The van der Waals surface area contributed by atoms with Gasteiger partial charge in [-0.05, 0) is 62.7 Å². The minimum absolute atomic E-state index is 0.145. The van der Waals surface area contributed by atoms with Gasteiger partial charge in [-0.15, -0.1) is 10.2 Å². The van der Waals surface area contributed by atoms with Crippen LogP contribution in [-0.4, -0.2) is 41.1 Å². The summed E-state index contributed by atoms with van der Waals surface area (Å²) in [7, 11) is 0.852. The molecule has 188 valence electrons. The highest BCUT2D eigenvalue weighted by atomic mass is 19.2. The van der Waals surface area contributed by atoms with Crippen molar-refractivity contribution in [2.24, 2.45) is 0 Å². The number of aryl methyl sites for hydroxylation is 1. The molecule has 36 heavy (non-hydrogen) atoms. The number of carbonyl (C=O) groups is 1. The molecule has 0 aliphatic carbocycles. The van der Waals surface area contributed by atoms with Gasteiger partial charge in [-0.25, -0.2) is 8.78 Å². The minimum atomic E-state index is -1.86. The highest BCUT2D eigenvalue weighted by molar-refractivity contribution is 6.06. The SMILES string of the molecule is CCN(CC)c1ccc(-n2nc3cc(C)c(NC(=O)c4c(F)c(F)c(OC)c(F)c4F)cc3n2)cc1. The van der Waals surface area contributed by atoms with Crippen LogP contribution in [0.4, 0.5) is 28.9 Å². The molecule has 0 atom stereocenters. The van der Waals surface area contributed by atoms with E-state index in [2.05, 4.69) is 39.0 Å². The number of nitrogens with one attached hydrogen (secondary N) is 1. The highest BCUT2D eigenvalue weighted by Gasteiger charge is 2.30. The zero-order valence-corrected chi connectivity index (χ0v) is 20.0. The second kappa shape index (κ2) is 9.84. The number of ether oxygens (including phenoxy) is 1. The molecule has 7 nitrogen and oxygen atoms in total. The van der Waals surface area contributed by atoms with Crippen LogP contribution in [0.2, 0.25) is 0 Å². The van der Waals surface area contributed by atoms with Crippen LogP contribution in [0.25, 0.3) is 16.7 Å². The summed E-state index contributed by atoms with van der Waals surface area (Å²) in [5, 5.41) is 11.2. The van der Waals surface area contributed by atoms with Crippen molar-refractivity contribution in [3.8, 4) is 11.4 Å². The van der Waals surface area contributed by atoms with Gasteiger partial charge in [0.1, 0.15) is 16.6 Å². The molecule has 0 spiro atoms. The number of fused-ring (bicyclic) bond motifs is 1. The maximum atomic E-state index is 14.4. The van der Waals surface area contributed by atoms with Crippen LogP contribution < -0.4 is 15.0 Å². The Hall–Kier alpha value is -4.15. The van der Waals surface area contributed by atoms with E-state index in [0.29, 0.717) is 22.3 Å². The maximum Gasteiger partial charge on any atom is 0.261 e. The van der Waals surface area contributed by atoms with Crippen LogP contribution in [0.15, 0.2) is 36.4 Å². The Balaban J connectivity index is 1.65. The topological polar surface area (TPSA) is 72.3 Å². The number of hydrogen-bond acceptors (Lipinski definition) is 5. The number of amides is 1. The number of aromatic nitrogens is 3. The third kappa shape index (κ3) is 4.32. The number of benzene rings is 3. The van der Waals surface area contributed by atoms with Crippen molar-refractivity contribution in [1.82, 2.24) is 15.0 Å². The number of carbonyl (C=O) groups excluding carboxylic acids is 1. The first kappa shape index (κ1) is 25.0. The smallest absolute Gasteiger partial charge is 0.261 e. The second-order valence-electron chi connectivity index (χ2n) is 7.95. The molecule has 3 aromatic carbocycles. The normalized spacial score (nSPS) is 11.1. The van der Waals surface area contributed by atoms with Gasteiger partial charge in [-0.1, -0.05) is 0 Å². The summed E-state index contributed by atoms with van der Waals surface area (Å²) in [5.41, 5.74) is 1.91. The van der Waals surface area contributed by atoms with Crippen LogP contribution >= 0.6 is 0 Å². The van der Waals surface area contributed by atoms with Gasteiger partial charge in [0.2, 0.25) is 11.6 Å². The lowest BCUT2D eigenvalue weighted by Crippen LogP contribution is -2.21. The fourth-order valence-corrected chi connectivity index (χ4v) is 3.88. The third-order valence-electron chi connectivity index (χ3n) is 5.84. The minimum Gasteiger partial charge on any atom is -0.491 e. The molecule has 1 amide bonds. The van der Waals surface area contributed by atoms with Crippen LogP contribution in [-0.2, 0) is 0 Å². The van der Waals surface area contributed by atoms with Crippen molar-refractivity contribution in [3.63, 3.8) is 0 Å². The molecule has 4 rings (SSSR count). The fourth-order valence-electron chi connectivity index (χ4n) is 3.88. The zero-order valence-electron chi connectivity index (χ0n) is 20.0. The first-order chi connectivity index (χ1) is 17.2.